The molecule has 0 radical (unpaired) electrons. The Balaban J connectivity index is 2.20. The zero-order valence-corrected chi connectivity index (χ0v) is 10.8. The fourth-order valence-corrected chi connectivity index (χ4v) is 2.40. The first-order valence-corrected chi connectivity index (χ1v) is 6.20. The molecule has 0 bridgehead atoms. The lowest BCUT2D eigenvalue weighted by Gasteiger charge is -2.16. The van der Waals surface area contributed by atoms with E-state index in [1.165, 1.54) is 18.2 Å². The molecule has 0 aliphatic carbocycles. The summed E-state index contributed by atoms with van der Waals surface area (Å²) in [6, 6.07) is 10.9. The molecule has 5 nitrogen and oxygen atoms in total. The number of nitrogens with zero attached hydrogens (tertiary/aromatic N) is 1. The van der Waals surface area contributed by atoms with Crippen molar-refractivity contribution in [2.45, 2.75) is 0 Å². The van der Waals surface area contributed by atoms with E-state index in [-0.39, 0.29) is 27.9 Å². The van der Waals surface area contributed by atoms with E-state index in [4.69, 9.17) is 0 Å². The Morgan fingerprint density at radius 3 is 1.90 bits per heavy atom. The molecule has 1 heterocycles. The molecule has 2 amide bonds. The number of benzene rings is 2. The molecule has 0 unspecified atom stereocenters. The molecule has 0 aromatic heterocycles. The lowest BCUT2D eigenvalue weighted by molar-refractivity contribution is 0.0925. The van der Waals surface area contributed by atoms with Gasteiger partial charge in [-0.15, -0.1) is 0 Å². The zero-order chi connectivity index (χ0) is 15.0. The molecule has 5 heteroatoms. The summed E-state index contributed by atoms with van der Waals surface area (Å²) in [7, 11) is 0. The summed E-state index contributed by atoms with van der Waals surface area (Å²) in [5.74, 6) is -0.997. The molecule has 0 spiro atoms. The molecule has 1 aliphatic heterocycles. The van der Waals surface area contributed by atoms with Gasteiger partial charge in [0.15, 0.2) is 12.6 Å². The van der Waals surface area contributed by atoms with E-state index in [1.807, 2.05) is 0 Å². The summed E-state index contributed by atoms with van der Waals surface area (Å²) in [4.78, 5) is 47.9. The van der Waals surface area contributed by atoms with Crippen molar-refractivity contribution in [2.75, 3.05) is 4.90 Å². The van der Waals surface area contributed by atoms with Crippen molar-refractivity contribution in [1.29, 1.82) is 0 Å². The van der Waals surface area contributed by atoms with Crippen LogP contribution in [-0.4, -0.2) is 24.4 Å². The molecule has 21 heavy (non-hydrogen) atoms. The van der Waals surface area contributed by atoms with Gasteiger partial charge in [0.1, 0.15) is 0 Å². The Kier molecular flexibility index (Phi) is 2.95. The van der Waals surface area contributed by atoms with Crippen LogP contribution in [0, 0.1) is 0 Å². The van der Waals surface area contributed by atoms with Gasteiger partial charge in [0.05, 0.1) is 16.8 Å². The van der Waals surface area contributed by atoms with Gasteiger partial charge < -0.3 is 0 Å². The molecular weight excluding hydrogens is 270 g/mol. The van der Waals surface area contributed by atoms with Gasteiger partial charge in [0.25, 0.3) is 11.8 Å². The standard InChI is InChI=1S/C16H9NO4/c18-8-10-4-3-7-14(13(10)9-19)17-15(20)11-5-1-2-6-12(11)16(17)21/h1-9H. The van der Waals surface area contributed by atoms with Crippen LogP contribution in [0.25, 0.3) is 0 Å². The smallest absolute Gasteiger partial charge is 0.266 e. The highest BCUT2D eigenvalue weighted by molar-refractivity contribution is 6.35. The number of amides is 2. The van der Waals surface area contributed by atoms with Crippen molar-refractivity contribution >= 4 is 30.1 Å². The van der Waals surface area contributed by atoms with E-state index in [1.54, 1.807) is 24.3 Å². The molecule has 1 aliphatic rings. The summed E-state index contributed by atoms with van der Waals surface area (Å²) >= 11 is 0. The number of anilines is 1. The summed E-state index contributed by atoms with van der Waals surface area (Å²) in [6.07, 6.45) is 0.994. The topological polar surface area (TPSA) is 71.5 Å². The maximum Gasteiger partial charge on any atom is 0.266 e. The van der Waals surface area contributed by atoms with E-state index < -0.39 is 11.8 Å². The molecule has 0 saturated carbocycles. The Bertz CT molecular complexity index is 760. The van der Waals surface area contributed by atoms with Crippen molar-refractivity contribution in [3.05, 3.63) is 64.7 Å². The Morgan fingerprint density at radius 1 is 0.762 bits per heavy atom. The van der Waals surface area contributed by atoms with Crippen molar-refractivity contribution < 1.29 is 19.2 Å². The first-order valence-electron chi connectivity index (χ1n) is 6.20. The van der Waals surface area contributed by atoms with E-state index in [0.717, 1.165) is 4.90 Å². The average molecular weight is 279 g/mol. The molecule has 0 N–H and O–H groups in total. The number of carbonyl (C=O) groups excluding carboxylic acids is 4. The van der Waals surface area contributed by atoms with Gasteiger partial charge in [-0.3, -0.25) is 19.2 Å². The molecule has 3 rings (SSSR count). The quantitative estimate of drug-likeness (QED) is 0.637. The molecule has 0 fully saturated rings. The van der Waals surface area contributed by atoms with Crippen LogP contribution in [-0.2, 0) is 0 Å². The number of aldehydes is 2. The number of rotatable bonds is 3. The van der Waals surface area contributed by atoms with Crippen LogP contribution in [0.2, 0.25) is 0 Å². The molecule has 0 atom stereocenters. The molecule has 0 saturated heterocycles. The van der Waals surface area contributed by atoms with Gasteiger partial charge in [-0.1, -0.05) is 24.3 Å². The third-order valence-corrected chi connectivity index (χ3v) is 3.40. The normalized spacial score (nSPS) is 13.2. The molecular formula is C16H9NO4. The number of carbonyl (C=O) groups is 4. The van der Waals surface area contributed by atoms with Crippen LogP contribution in [0.15, 0.2) is 42.5 Å². The zero-order valence-electron chi connectivity index (χ0n) is 10.8. The van der Waals surface area contributed by atoms with E-state index in [9.17, 15) is 19.2 Å². The van der Waals surface area contributed by atoms with Crippen LogP contribution >= 0.6 is 0 Å². The Hall–Kier alpha value is -3.08. The van der Waals surface area contributed by atoms with Gasteiger partial charge in [-0.05, 0) is 18.2 Å². The van der Waals surface area contributed by atoms with Gasteiger partial charge in [-0.2, -0.15) is 0 Å². The van der Waals surface area contributed by atoms with Gasteiger partial charge in [0.2, 0.25) is 0 Å². The summed E-state index contributed by atoms with van der Waals surface area (Å²) in [6.45, 7) is 0. The minimum Gasteiger partial charge on any atom is -0.298 e. The SMILES string of the molecule is O=Cc1cccc(N2C(=O)c3ccccc3C2=O)c1C=O. The molecule has 2 aromatic carbocycles. The average Bonchev–Trinajstić information content (AvgIpc) is 2.78. The predicted octanol–water partition coefficient (Wildman–Crippen LogP) is 2.11. The first kappa shape index (κ1) is 12.9. The minimum absolute atomic E-state index is 0.0296. The maximum atomic E-state index is 12.4. The van der Waals surface area contributed by atoms with Crippen LogP contribution < -0.4 is 4.90 Å². The van der Waals surface area contributed by atoms with Crippen LogP contribution in [0.4, 0.5) is 5.69 Å². The van der Waals surface area contributed by atoms with Crippen molar-refractivity contribution in [3.8, 4) is 0 Å². The van der Waals surface area contributed by atoms with Gasteiger partial charge in [-0.25, -0.2) is 4.90 Å². The largest absolute Gasteiger partial charge is 0.298 e. The van der Waals surface area contributed by atoms with Crippen LogP contribution in [0.1, 0.15) is 41.4 Å². The fraction of sp³-hybridized carbons (Fsp3) is 0. The lowest BCUT2D eigenvalue weighted by atomic mass is 10.1. The molecule has 2 aromatic rings. The highest BCUT2D eigenvalue weighted by Gasteiger charge is 2.37. The third kappa shape index (κ3) is 1.79. The number of hydrogen-bond acceptors (Lipinski definition) is 4. The second-order valence-electron chi connectivity index (χ2n) is 4.51. The number of imide groups is 1. The summed E-state index contributed by atoms with van der Waals surface area (Å²) < 4.78 is 0. The van der Waals surface area contributed by atoms with Crippen molar-refractivity contribution in [2.24, 2.45) is 0 Å². The first-order chi connectivity index (χ1) is 10.2. The summed E-state index contributed by atoms with van der Waals surface area (Å²) in [5, 5.41) is 0. The molecule has 102 valence electrons. The monoisotopic (exact) mass is 279 g/mol. The van der Waals surface area contributed by atoms with E-state index in [2.05, 4.69) is 0 Å². The Labute approximate surface area is 119 Å². The number of fused-ring (bicyclic) bond motifs is 1. The maximum absolute atomic E-state index is 12.4. The van der Waals surface area contributed by atoms with Crippen molar-refractivity contribution in [3.63, 3.8) is 0 Å². The van der Waals surface area contributed by atoms with Gasteiger partial charge in [0, 0.05) is 11.1 Å². The van der Waals surface area contributed by atoms with Crippen molar-refractivity contribution in [1.82, 2.24) is 0 Å². The van der Waals surface area contributed by atoms with E-state index >= 15 is 0 Å². The fourth-order valence-electron chi connectivity index (χ4n) is 2.40. The second kappa shape index (κ2) is 4.79. The second-order valence-corrected chi connectivity index (χ2v) is 4.51. The highest BCUT2D eigenvalue weighted by Crippen LogP contribution is 2.31. The van der Waals surface area contributed by atoms with Crippen LogP contribution in [0.3, 0.4) is 0 Å². The lowest BCUT2D eigenvalue weighted by Crippen LogP contribution is -2.30. The minimum atomic E-state index is -0.498. The third-order valence-electron chi connectivity index (χ3n) is 3.40. The van der Waals surface area contributed by atoms with E-state index in [0.29, 0.717) is 12.6 Å². The predicted molar refractivity (Wildman–Crippen MR) is 74.8 cm³/mol. The summed E-state index contributed by atoms with van der Waals surface area (Å²) in [5.41, 5.74) is 0.869. The highest BCUT2D eigenvalue weighted by atomic mass is 16.2. The number of hydrogen-bond donors (Lipinski definition) is 0. The van der Waals surface area contributed by atoms with Crippen LogP contribution in [0.5, 0.6) is 0 Å². The Morgan fingerprint density at radius 2 is 1.38 bits per heavy atom. The van der Waals surface area contributed by atoms with Gasteiger partial charge >= 0.3 is 0 Å².